The Kier molecular flexibility index (Phi) is 5.61. The SMILES string of the molecule is CN(C)C(=O)NCCNC(=O)C1(C#N)CCCCC1. The van der Waals surface area contributed by atoms with E-state index in [1.807, 2.05) is 0 Å². The Morgan fingerprint density at radius 3 is 2.26 bits per heavy atom. The topological polar surface area (TPSA) is 85.2 Å². The van der Waals surface area contributed by atoms with Gasteiger partial charge in [0.15, 0.2) is 0 Å². The molecule has 1 rings (SSSR count). The van der Waals surface area contributed by atoms with E-state index in [0.717, 1.165) is 19.3 Å². The summed E-state index contributed by atoms with van der Waals surface area (Å²) >= 11 is 0. The van der Waals surface area contributed by atoms with Gasteiger partial charge in [0.2, 0.25) is 5.91 Å². The van der Waals surface area contributed by atoms with Gasteiger partial charge < -0.3 is 15.5 Å². The number of hydrogen-bond acceptors (Lipinski definition) is 3. The first-order chi connectivity index (χ1) is 9.02. The van der Waals surface area contributed by atoms with Gasteiger partial charge >= 0.3 is 6.03 Å². The molecular formula is C13H22N4O2. The van der Waals surface area contributed by atoms with Gasteiger partial charge in [-0.05, 0) is 12.8 Å². The van der Waals surface area contributed by atoms with E-state index in [0.29, 0.717) is 25.9 Å². The number of nitrogens with zero attached hydrogens (tertiary/aromatic N) is 2. The largest absolute Gasteiger partial charge is 0.353 e. The van der Waals surface area contributed by atoms with Crippen molar-refractivity contribution in [3.05, 3.63) is 0 Å². The molecule has 6 nitrogen and oxygen atoms in total. The minimum absolute atomic E-state index is 0.193. The number of urea groups is 1. The summed E-state index contributed by atoms with van der Waals surface area (Å²) < 4.78 is 0. The van der Waals surface area contributed by atoms with Crippen molar-refractivity contribution < 1.29 is 9.59 Å². The average Bonchev–Trinajstić information content (AvgIpc) is 2.43. The Morgan fingerprint density at radius 1 is 1.16 bits per heavy atom. The second kappa shape index (κ2) is 6.98. The van der Waals surface area contributed by atoms with Crippen LogP contribution in [0.5, 0.6) is 0 Å². The van der Waals surface area contributed by atoms with Crippen LogP contribution in [-0.2, 0) is 4.79 Å². The van der Waals surface area contributed by atoms with E-state index < -0.39 is 5.41 Å². The fourth-order valence-corrected chi connectivity index (χ4v) is 2.22. The molecule has 106 valence electrons. The van der Waals surface area contributed by atoms with Crippen LogP contribution < -0.4 is 10.6 Å². The first kappa shape index (κ1) is 15.3. The normalized spacial score (nSPS) is 17.1. The maximum Gasteiger partial charge on any atom is 0.316 e. The monoisotopic (exact) mass is 266 g/mol. The van der Waals surface area contributed by atoms with Gasteiger partial charge in [-0.25, -0.2) is 4.79 Å². The van der Waals surface area contributed by atoms with Crippen LogP contribution in [0.1, 0.15) is 32.1 Å². The van der Waals surface area contributed by atoms with E-state index in [9.17, 15) is 14.9 Å². The van der Waals surface area contributed by atoms with E-state index >= 15 is 0 Å². The number of nitrogens with one attached hydrogen (secondary N) is 2. The van der Waals surface area contributed by atoms with Gasteiger partial charge in [0.25, 0.3) is 0 Å². The minimum atomic E-state index is -0.857. The Labute approximate surface area is 114 Å². The summed E-state index contributed by atoms with van der Waals surface area (Å²) in [6, 6.07) is 1.98. The summed E-state index contributed by atoms with van der Waals surface area (Å²) in [5.41, 5.74) is -0.857. The summed E-state index contributed by atoms with van der Waals surface area (Å²) in [4.78, 5) is 24.8. The summed E-state index contributed by atoms with van der Waals surface area (Å²) in [6.07, 6.45) is 4.23. The highest BCUT2D eigenvalue weighted by molar-refractivity contribution is 5.85. The van der Waals surface area contributed by atoms with Gasteiger partial charge in [0.05, 0.1) is 6.07 Å². The van der Waals surface area contributed by atoms with Crippen molar-refractivity contribution in [1.82, 2.24) is 15.5 Å². The Hall–Kier alpha value is -1.77. The van der Waals surface area contributed by atoms with Crippen LogP contribution in [-0.4, -0.2) is 44.0 Å². The quantitative estimate of drug-likeness (QED) is 0.740. The third kappa shape index (κ3) is 4.12. The Bertz CT molecular complexity index is 367. The first-order valence-electron chi connectivity index (χ1n) is 6.66. The molecule has 0 atom stereocenters. The lowest BCUT2D eigenvalue weighted by Crippen LogP contribution is -2.45. The van der Waals surface area contributed by atoms with Crippen molar-refractivity contribution in [1.29, 1.82) is 5.26 Å². The van der Waals surface area contributed by atoms with Gasteiger partial charge in [0.1, 0.15) is 5.41 Å². The third-order valence-electron chi connectivity index (χ3n) is 3.45. The molecule has 0 spiro atoms. The van der Waals surface area contributed by atoms with Gasteiger partial charge in [-0.1, -0.05) is 19.3 Å². The van der Waals surface area contributed by atoms with Crippen LogP contribution in [0.2, 0.25) is 0 Å². The van der Waals surface area contributed by atoms with E-state index in [4.69, 9.17) is 0 Å². The molecule has 0 saturated heterocycles. The molecule has 19 heavy (non-hydrogen) atoms. The third-order valence-corrected chi connectivity index (χ3v) is 3.45. The predicted molar refractivity (Wildman–Crippen MR) is 71.2 cm³/mol. The fourth-order valence-electron chi connectivity index (χ4n) is 2.22. The molecule has 3 amide bonds. The molecule has 2 N–H and O–H groups in total. The molecule has 1 aliphatic carbocycles. The van der Waals surface area contributed by atoms with Gasteiger partial charge in [0, 0.05) is 27.2 Å². The van der Waals surface area contributed by atoms with Crippen molar-refractivity contribution in [2.45, 2.75) is 32.1 Å². The van der Waals surface area contributed by atoms with Crippen LogP contribution in [0.15, 0.2) is 0 Å². The van der Waals surface area contributed by atoms with E-state index in [1.165, 1.54) is 4.90 Å². The molecule has 0 aromatic carbocycles. The summed E-state index contributed by atoms with van der Waals surface area (Å²) in [7, 11) is 3.31. The molecule has 0 radical (unpaired) electrons. The Morgan fingerprint density at radius 2 is 1.74 bits per heavy atom. The van der Waals surface area contributed by atoms with Crippen molar-refractivity contribution in [3.63, 3.8) is 0 Å². The molecule has 0 bridgehead atoms. The summed E-state index contributed by atoms with van der Waals surface area (Å²) in [6.45, 7) is 0.714. The van der Waals surface area contributed by atoms with Crippen LogP contribution in [0.25, 0.3) is 0 Å². The molecule has 6 heteroatoms. The number of carbonyl (C=O) groups is 2. The lowest BCUT2D eigenvalue weighted by Gasteiger charge is -2.29. The number of hydrogen-bond donors (Lipinski definition) is 2. The zero-order chi connectivity index (χ0) is 14.3. The standard InChI is InChI=1S/C13H22N4O2/c1-17(2)12(19)16-9-8-15-11(18)13(10-14)6-4-3-5-7-13/h3-9H2,1-2H3,(H,15,18)(H,16,19). The minimum Gasteiger partial charge on any atom is -0.353 e. The van der Waals surface area contributed by atoms with E-state index in [-0.39, 0.29) is 11.9 Å². The zero-order valence-electron chi connectivity index (χ0n) is 11.7. The molecule has 1 aliphatic rings. The van der Waals surface area contributed by atoms with E-state index in [2.05, 4.69) is 16.7 Å². The van der Waals surface area contributed by atoms with Gasteiger partial charge in [-0.2, -0.15) is 5.26 Å². The predicted octanol–water partition coefficient (Wildman–Crippen LogP) is 0.848. The van der Waals surface area contributed by atoms with Crippen LogP contribution in [0.3, 0.4) is 0 Å². The molecule has 0 aromatic rings. The number of carbonyl (C=O) groups excluding carboxylic acids is 2. The highest BCUT2D eigenvalue weighted by Crippen LogP contribution is 2.35. The van der Waals surface area contributed by atoms with Crippen LogP contribution in [0.4, 0.5) is 4.79 Å². The first-order valence-corrected chi connectivity index (χ1v) is 6.66. The van der Waals surface area contributed by atoms with Crippen molar-refractivity contribution in [2.24, 2.45) is 5.41 Å². The number of nitriles is 1. The number of rotatable bonds is 4. The van der Waals surface area contributed by atoms with Crippen molar-refractivity contribution in [3.8, 4) is 6.07 Å². The zero-order valence-corrected chi connectivity index (χ0v) is 11.7. The summed E-state index contributed by atoms with van der Waals surface area (Å²) in [5.74, 6) is -0.200. The lowest BCUT2D eigenvalue weighted by molar-refractivity contribution is -0.129. The molecule has 0 heterocycles. The molecule has 1 fully saturated rings. The molecule has 0 aliphatic heterocycles. The molecular weight excluding hydrogens is 244 g/mol. The molecule has 0 unspecified atom stereocenters. The van der Waals surface area contributed by atoms with E-state index in [1.54, 1.807) is 14.1 Å². The molecule has 0 aromatic heterocycles. The highest BCUT2D eigenvalue weighted by atomic mass is 16.2. The lowest BCUT2D eigenvalue weighted by atomic mass is 9.74. The van der Waals surface area contributed by atoms with Crippen LogP contribution in [0, 0.1) is 16.7 Å². The average molecular weight is 266 g/mol. The second-order valence-corrected chi connectivity index (χ2v) is 5.14. The second-order valence-electron chi connectivity index (χ2n) is 5.14. The smallest absolute Gasteiger partial charge is 0.316 e. The van der Waals surface area contributed by atoms with Crippen molar-refractivity contribution >= 4 is 11.9 Å². The molecule has 1 saturated carbocycles. The van der Waals surface area contributed by atoms with Gasteiger partial charge in [-0.3, -0.25) is 4.79 Å². The maximum absolute atomic E-state index is 12.1. The van der Waals surface area contributed by atoms with Gasteiger partial charge in [-0.15, -0.1) is 0 Å². The fraction of sp³-hybridized carbons (Fsp3) is 0.769. The highest BCUT2D eigenvalue weighted by Gasteiger charge is 2.39. The maximum atomic E-state index is 12.1. The summed E-state index contributed by atoms with van der Waals surface area (Å²) in [5, 5.41) is 14.6. The number of amides is 3. The van der Waals surface area contributed by atoms with Crippen molar-refractivity contribution in [2.75, 3.05) is 27.2 Å². The van der Waals surface area contributed by atoms with Crippen LogP contribution >= 0.6 is 0 Å². The Balaban J connectivity index is 2.34.